The zero-order chi connectivity index (χ0) is 22.6. The van der Waals surface area contributed by atoms with Gasteiger partial charge in [-0.05, 0) is 43.9 Å². The van der Waals surface area contributed by atoms with Gasteiger partial charge in [-0.25, -0.2) is 0 Å². The van der Waals surface area contributed by atoms with E-state index in [1.54, 1.807) is 25.3 Å². The van der Waals surface area contributed by atoms with Gasteiger partial charge in [0.2, 0.25) is 0 Å². The molecule has 2 heteroatoms. The molecular weight excluding hydrogens is 404 g/mol. The fourth-order valence-electron chi connectivity index (χ4n) is 6.48. The third-order valence-electron chi connectivity index (χ3n) is 8.75. The fourth-order valence-corrected chi connectivity index (χ4v) is 9.07. The topological polar surface area (TPSA) is 9.23 Å². The summed E-state index contributed by atoms with van der Waals surface area (Å²) in [4.78, 5) is 0. The molecule has 1 atom stereocenters. The Kier molecular flexibility index (Phi) is 17.3. The minimum atomic E-state index is -0.0496. The highest BCUT2D eigenvalue weighted by atomic mass is 28.2. The summed E-state index contributed by atoms with van der Waals surface area (Å²) in [5.74, 6) is 0. The number of rotatable bonds is 18. The average Bonchev–Trinajstić information content (AvgIpc) is 2.80. The first-order valence-electron chi connectivity index (χ1n) is 15.5. The maximum absolute atomic E-state index is 6.16. The summed E-state index contributed by atoms with van der Waals surface area (Å²) < 4.78 is 6.16. The number of hydrogen-bond donors (Lipinski definition) is 0. The van der Waals surface area contributed by atoms with E-state index in [1.165, 1.54) is 141 Å². The van der Waals surface area contributed by atoms with Gasteiger partial charge in [-0.1, -0.05) is 135 Å². The van der Waals surface area contributed by atoms with Gasteiger partial charge in [0.1, 0.15) is 0 Å². The number of unbranched alkanes of at least 4 members (excludes halogenated alkanes) is 13. The summed E-state index contributed by atoms with van der Waals surface area (Å²) in [6, 6.07) is 1.59. The summed E-state index contributed by atoms with van der Waals surface area (Å²) >= 11 is 0. The van der Waals surface area contributed by atoms with Gasteiger partial charge < -0.3 is 4.74 Å². The van der Waals surface area contributed by atoms with E-state index >= 15 is 0 Å². The van der Waals surface area contributed by atoms with Gasteiger partial charge >= 0.3 is 0 Å². The summed E-state index contributed by atoms with van der Waals surface area (Å²) in [5.41, 5.74) is 1.45. The van der Waals surface area contributed by atoms with Gasteiger partial charge in [-0.15, -0.1) is 0 Å². The molecule has 1 aliphatic heterocycles. The lowest BCUT2D eigenvalue weighted by atomic mass is 9.74. The van der Waals surface area contributed by atoms with Gasteiger partial charge in [0.05, 0.1) is 9.52 Å². The Labute approximate surface area is 205 Å². The molecule has 0 spiro atoms. The molecule has 190 valence electrons. The van der Waals surface area contributed by atoms with Crippen LogP contribution in [0.15, 0.2) is 0 Å². The van der Waals surface area contributed by atoms with E-state index in [2.05, 4.69) is 6.92 Å². The predicted octanol–water partition coefficient (Wildman–Crippen LogP) is 9.70. The molecule has 32 heavy (non-hydrogen) atoms. The highest BCUT2D eigenvalue weighted by Crippen LogP contribution is 2.42. The van der Waals surface area contributed by atoms with Crippen molar-refractivity contribution >= 4 is 9.52 Å². The largest absolute Gasteiger partial charge is 0.382 e. The van der Waals surface area contributed by atoms with Crippen molar-refractivity contribution in [2.75, 3.05) is 6.61 Å². The van der Waals surface area contributed by atoms with Crippen LogP contribution < -0.4 is 0 Å². The molecule has 2 fully saturated rings. The summed E-state index contributed by atoms with van der Waals surface area (Å²) in [6.45, 7) is 3.37. The first-order valence-corrected chi connectivity index (χ1v) is 17.3. The van der Waals surface area contributed by atoms with Crippen molar-refractivity contribution in [3.8, 4) is 0 Å². The van der Waals surface area contributed by atoms with Crippen LogP contribution in [0.25, 0.3) is 0 Å². The molecule has 1 saturated heterocycles. The zero-order valence-corrected chi connectivity index (χ0v) is 23.7. The molecule has 0 N–H and O–H groups in total. The quantitative estimate of drug-likeness (QED) is 0.145. The third kappa shape index (κ3) is 13.8. The minimum Gasteiger partial charge on any atom is -0.382 e. The van der Waals surface area contributed by atoms with E-state index < -0.39 is 0 Å². The third-order valence-corrected chi connectivity index (χ3v) is 11.4. The van der Waals surface area contributed by atoms with E-state index in [9.17, 15) is 0 Å². The van der Waals surface area contributed by atoms with Crippen molar-refractivity contribution < 1.29 is 4.74 Å². The highest BCUT2D eigenvalue weighted by molar-refractivity contribution is 6.37. The van der Waals surface area contributed by atoms with Crippen molar-refractivity contribution in [1.29, 1.82) is 0 Å². The molecule has 0 aromatic carbocycles. The molecule has 0 aromatic heterocycles. The van der Waals surface area contributed by atoms with Crippen LogP contribution in [0.2, 0.25) is 6.04 Å². The molecule has 2 aliphatic rings. The minimum absolute atomic E-state index is 0.0496. The van der Waals surface area contributed by atoms with Crippen LogP contribution in [-0.4, -0.2) is 21.9 Å². The number of hydrogen-bond acceptors (Lipinski definition) is 1. The molecule has 1 nitrogen and oxygen atoms in total. The van der Waals surface area contributed by atoms with E-state index in [-0.39, 0.29) is 9.52 Å². The maximum atomic E-state index is 6.16. The van der Waals surface area contributed by atoms with Crippen molar-refractivity contribution in [3.63, 3.8) is 0 Å². The van der Waals surface area contributed by atoms with Crippen molar-refractivity contribution in [3.05, 3.63) is 0 Å². The Morgan fingerprint density at radius 1 is 0.625 bits per heavy atom. The second kappa shape index (κ2) is 19.5. The van der Waals surface area contributed by atoms with Gasteiger partial charge in [0.15, 0.2) is 0 Å². The van der Waals surface area contributed by atoms with Crippen LogP contribution in [-0.2, 0) is 4.74 Å². The fraction of sp³-hybridized carbons (Fsp3) is 1.00. The van der Waals surface area contributed by atoms with E-state index in [0.717, 1.165) is 17.7 Å². The lowest BCUT2D eigenvalue weighted by Crippen LogP contribution is -2.31. The summed E-state index contributed by atoms with van der Waals surface area (Å²) in [7, 11) is -0.0496. The Hall–Kier alpha value is 0.177. The van der Waals surface area contributed by atoms with Crippen LogP contribution in [0.4, 0.5) is 0 Å². The SMILES string of the molecule is CCCCCCCCCCCCCCCCC1(C[SiH2]C2CCCCO2)CCCCCCC1. The van der Waals surface area contributed by atoms with Crippen LogP contribution in [0.3, 0.4) is 0 Å². The highest BCUT2D eigenvalue weighted by Gasteiger charge is 2.31. The molecule has 0 radical (unpaired) electrons. The van der Waals surface area contributed by atoms with Crippen molar-refractivity contribution in [2.24, 2.45) is 5.41 Å². The maximum Gasteiger partial charge on any atom is 0.0561 e. The van der Waals surface area contributed by atoms with E-state index in [1.807, 2.05) is 0 Å². The van der Waals surface area contributed by atoms with Crippen LogP contribution in [0, 0.1) is 5.41 Å². The Morgan fingerprint density at radius 3 is 1.69 bits per heavy atom. The first kappa shape index (κ1) is 28.4. The van der Waals surface area contributed by atoms with Crippen LogP contribution in [0.1, 0.15) is 167 Å². The van der Waals surface area contributed by atoms with Crippen LogP contribution in [0.5, 0.6) is 0 Å². The number of ether oxygens (including phenoxy) is 1. The van der Waals surface area contributed by atoms with Gasteiger partial charge in [-0.3, -0.25) is 0 Å². The first-order chi connectivity index (χ1) is 15.8. The predicted molar refractivity (Wildman–Crippen MR) is 147 cm³/mol. The lowest BCUT2D eigenvalue weighted by molar-refractivity contribution is 0.0633. The average molecular weight is 465 g/mol. The molecule has 1 heterocycles. The molecular formula is C30H60OSi. The molecule has 0 bridgehead atoms. The van der Waals surface area contributed by atoms with Gasteiger partial charge in [0.25, 0.3) is 0 Å². The Morgan fingerprint density at radius 2 is 1.16 bits per heavy atom. The molecule has 2 rings (SSSR count). The zero-order valence-electron chi connectivity index (χ0n) is 22.3. The molecule has 1 unspecified atom stereocenters. The second-order valence-electron chi connectivity index (χ2n) is 11.6. The molecule has 0 amide bonds. The lowest BCUT2D eigenvalue weighted by Gasteiger charge is -2.37. The summed E-state index contributed by atoms with van der Waals surface area (Å²) in [5, 5.41) is 0. The van der Waals surface area contributed by atoms with Crippen molar-refractivity contribution in [1.82, 2.24) is 0 Å². The molecule has 1 saturated carbocycles. The van der Waals surface area contributed by atoms with Crippen LogP contribution >= 0.6 is 0 Å². The molecule has 1 aliphatic carbocycles. The monoisotopic (exact) mass is 464 g/mol. The van der Waals surface area contributed by atoms with Gasteiger partial charge in [-0.2, -0.15) is 0 Å². The second-order valence-corrected chi connectivity index (χ2v) is 13.6. The normalized spacial score (nSPS) is 22.2. The summed E-state index contributed by atoms with van der Waals surface area (Å²) in [6.07, 6.45) is 37.0. The Balaban J connectivity index is 1.52. The van der Waals surface area contributed by atoms with Gasteiger partial charge in [0, 0.05) is 12.3 Å². The van der Waals surface area contributed by atoms with E-state index in [4.69, 9.17) is 4.74 Å². The molecule has 0 aromatic rings. The van der Waals surface area contributed by atoms with Crippen molar-refractivity contribution in [2.45, 2.75) is 179 Å². The standard InChI is InChI=1S/C30H60OSi/c1-2-3-4-5-6-7-8-9-10-11-12-13-15-19-24-30(25-20-16-14-17-21-26-30)28-32-29-23-18-22-27-31-29/h29H,2-28,32H2,1H3. The Bertz CT molecular complexity index is 396. The smallest absolute Gasteiger partial charge is 0.0561 e. The van der Waals surface area contributed by atoms with E-state index in [0.29, 0.717) is 0 Å².